The topological polar surface area (TPSA) is 19.0 Å². The lowest BCUT2D eigenvalue weighted by atomic mass is 10.0. The molecule has 2 aliphatic rings. The summed E-state index contributed by atoms with van der Waals surface area (Å²) >= 11 is 0. The van der Waals surface area contributed by atoms with Crippen molar-refractivity contribution >= 4 is 11.4 Å². The maximum Gasteiger partial charge on any atom is 0.142 e. The third-order valence-electron chi connectivity index (χ3n) is 5.66. The Morgan fingerprint density at radius 1 is 0.929 bits per heavy atom. The largest absolute Gasteiger partial charge is 0.495 e. The van der Waals surface area contributed by atoms with Crippen molar-refractivity contribution < 1.29 is 9.13 Å². The highest BCUT2D eigenvalue weighted by Crippen LogP contribution is 2.27. The van der Waals surface area contributed by atoms with Crippen LogP contribution in [0.5, 0.6) is 0 Å². The Balaban J connectivity index is 1.24. The molecule has 1 fully saturated rings. The standard InChI is InChI=1S/C23H28FN3O/c1-28-23-18-26(17-19-5-2-3-6-22(19)23)12-4-11-25-13-15-27(16-14-25)21-9-7-20(24)8-10-21/h2-3,5-10,18H,4,11-17H2,1H3. The minimum absolute atomic E-state index is 0.173. The molecule has 0 saturated carbocycles. The van der Waals surface area contributed by atoms with Gasteiger partial charge in [0.2, 0.25) is 0 Å². The first-order chi connectivity index (χ1) is 13.7. The molecule has 0 amide bonds. The molecule has 0 aromatic heterocycles. The second-order valence-electron chi connectivity index (χ2n) is 7.48. The molecule has 0 N–H and O–H groups in total. The third kappa shape index (κ3) is 4.30. The normalized spacial score (nSPS) is 17.3. The first-order valence-corrected chi connectivity index (χ1v) is 10.0. The van der Waals surface area contributed by atoms with Crippen LogP contribution < -0.4 is 4.90 Å². The van der Waals surface area contributed by atoms with Gasteiger partial charge in [0.25, 0.3) is 0 Å². The molecule has 0 spiro atoms. The Bertz CT molecular complexity index is 813. The van der Waals surface area contributed by atoms with Crippen LogP contribution in [0.25, 0.3) is 5.76 Å². The van der Waals surface area contributed by atoms with Gasteiger partial charge in [-0.3, -0.25) is 4.90 Å². The molecule has 4 rings (SSSR count). The number of hydrogen-bond donors (Lipinski definition) is 0. The molecule has 1 saturated heterocycles. The SMILES string of the molecule is COC1=CN(CCCN2CCN(c3ccc(F)cc3)CC2)Cc2ccccc21. The molecular formula is C23H28FN3O. The fourth-order valence-corrected chi connectivity index (χ4v) is 4.08. The summed E-state index contributed by atoms with van der Waals surface area (Å²) in [7, 11) is 1.74. The number of anilines is 1. The highest BCUT2D eigenvalue weighted by atomic mass is 19.1. The minimum Gasteiger partial charge on any atom is -0.495 e. The number of benzene rings is 2. The highest BCUT2D eigenvalue weighted by molar-refractivity contribution is 5.64. The molecule has 2 aliphatic heterocycles. The zero-order chi connectivity index (χ0) is 19.3. The molecule has 0 radical (unpaired) electrons. The first kappa shape index (κ1) is 18.8. The van der Waals surface area contributed by atoms with Crippen LogP contribution in [0.3, 0.4) is 0 Å². The Morgan fingerprint density at radius 3 is 2.43 bits per heavy atom. The van der Waals surface area contributed by atoms with Gasteiger partial charge in [0, 0.05) is 56.7 Å². The second kappa shape index (κ2) is 8.65. The summed E-state index contributed by atoms with van der Waals surface area (Å²) in [6, 6.07) is 15.3. The summed E-state index contributed by atoms with van der Waals surface area (Å²) in [6.45, 7) is 7.18. The van der Waals surface area contributed by atoms with E-state index in [1.807, 2.05) is 12.1 Å². The van der Waals surface area contributed by atoms with Gasteiger partial charge in [0.05, 0.1) is 7.11 Å². The average molecular weight is 381 g/mol. The lowest BCUT2D eigenvalue weighted by molar-refractivity contribution is 0.236. The van der Waals surface area contributed by atoms with E-state index in [0.717, 1.165) is 63.7 Å². The number of nitrogens with zero attached hydrogens (tertiary/aromatic N) is 3. The van der Waals surface area contributed by atoms with Crippen LogP contribution in [-0.4, -0.2) is 56.2 Å². The number of ether oxygens (including phenoxy) is 1. The van der Waals surface area contributed by atoms with E-state index in [4.69, 9.17) is 4.74 Å². The monoisotopic (exact) mass is 381 g/mol. The van der Waals surface area contributed by atoms with E-state index in [1.165, 1.54) is 11.1 Å². The number of methoxy groups -OCH3 is 1. The Kier molecular flexibility index (Phi) is 5.81. The summed E-state index contributed by atoms with van der Waals surface area (Å²) in [5, 5.41) is 0. The molecular weight excluding hydrogens is 353 g/mol. The van der Waals surface area contributed by atoms with Crippen LogP contribution in [0.2, 0.25) is 0 Å². The third-order valence-corrected chi connectivity index (χ3v) is 5.66. The maximum atomic E-state index is 13.1. The quantitative estimate of drug-likeness (QED) is 0.758. The van der Waals surface area contributed by atoms with E-state index >= 15 is 0 Å². The van der Waals surface area contributed by atoms with Gasteiger partial charge in [0.1, 0.15) is 11.6 Å². The van der Waals surface area contributed by atoms with E-state index < -0.39 is 0 Å². The molecule has 2 heterocycles. The fraction of sp³-hybridized carbons (Fsp3) is 0.391. The molecule has 0 bridgehead atoms. The Labute approximate surface area is 166 Å². The average Bonchev–Trinajstić information content (AvgIpc) is 2.74. The summed E-state index contributed by atoms with van der Waals surface area (Å²) in [4.78, 5) is 7.22. The van der Waals surface area contributed by atoms with Crippen LogP contribution in [-0.2, 0) is 11.3 Å². The number of halogens is 1. The van der Waals surface area contributed by atoms with Gasteiger partial charge in [0.15, 0.2) is 0 Å². The van der Waals surface area contributed by atoms with Gasteiger partial charge in [-0.25, -0.2) is 4.39 Å². The van der Waals surface area contributed by atoms with Crippen molar-refractivity contribution in [3.8, 4) is 0 Å². The smallest absolute Gasteiger partial charge is 0.142 e. The molecule has 2 aromatic carbocycles. The molecule has 4 nitrogen and oxygen atoms in total. The summed E-state index contributed by atoms with van der Waals surface area (Å²) in [5.74, 6) is 0.781. The second-order valence-corrected chi connectivity index (χ2v) is 7.48. The van der Waals surface area contributed by atoms with Crippen LogP contribution in [0.15, 0.2) is 54.7 Å². The lowest BCUT2D eigenvalue weighted by Crippen LogP contribution is -2.47. The molecule has 0 unspecified atom stereocenters. The summed E-state index contributed by atoms with van der Waals surface area (Å²) < 4.78 is 18.7. The van der Waals surface area contributed by atoms with Gasteiger partial charge >= 0.3 is 0 Å². The number of fused-ring (bicyclic) bond motifs is 1. The van der Waals surface area contributed by atoms with Gasteiger partial charge in [-0.2, -0.15) is 0 Å². The molecule has 148 valence electrons. The molecule has 2 aromatic rings. The van der Waals surface area contributed by atoms with E-state index in [9.17, 15) is 4.39 Å². The van der Waals surface area contributed by atoms with Crippen LogP contribution in [0.1, 0.15) is 17.5 Å². The zero-order valence-corrected chi connectivity index (χ0v) is 16.5. The van der Waals surface area contributed by atoms with E-state index in [1.54, 1.807) is 19.2 Å². The highest BCUT2D eigenvalue weighted by Gasteiger charge is 2.19. The van der Waals surface area contributed by atoms with Gasteiger partial charge in [-0.15, -0.1) is 0 Å². The number of hydrogen-bond acceptors (Lipinski definition) is 4. The van der Waals surface area contributed by atoms with E-state index in [-0.39, 0.29) is 5.82 Å². The van der Waals surface area contributed by atoms with Gasteiger partial charge < -0.3 is 14.5 Å². The van der Waals surface area contributed by atoms with E-state index in [0.29, 0.717) is 0 Å². The molecule has 5 heteroatoms. The van der Waals surface area contributed by atoms with Crippen molar-refractivity contribution in [1.29, 1.82) is 0 Å². The van der Waals surface area contributed by atoms with Crippen molar-refractivity contribution in [3.05, 3.63) is 71.7 Å². The first-order valence-electron chi connectivity index (χ1n) is 10.0. The van der Waals surface area contributed by atoms with Gasteiger partial charge in [-0.05, 0) is 42.8 Å². The van der Waals surface area contributed by atoms with Crippen molar-refractivity contribution in [2.75, 3.05) is 51.3 Å². The van der Waals surface area contributed by atoms with E-state index in [2.05, 4.69) is 45.2 Å². The van der Waals surface area contributed by atoms with Crippen LogP contribution in [0, 0.1) is 5.82 Å². The number of rotatable bonds is 6. The van der Waals surface area contributed by atoms with Crippen molar-refractivity contribution in [1.82, 2.24) is 9.80 Å². The minimum atomic E-state index is -0.173. The zero-order valence-electron chi connectivity index (χ0n) is 16.5. The Hall–Kier alpha value is -2.53. The van der Waals surface area contributed by atoms with Crippen LogP contribution >= 0.6 is 0 Å². The molecule has 0 aliphatic carbocycles. The fourth-order valence-electron chi connectivity index (χ4n) is 4.08. The summed E-state index contributed by atoms with van der Waals surface area (Å²) in [6.07, 6.45) is 3.28. The van der Waals surface area contributed by atoms with Crippen molar-refractivity contribution in [2.45, 2.75) is 13.0 Å². The predicted molar refractivity (Wildman–Crippen MR) is 112 cm³/mol. The van der Waals surface area contributed by atoms with Crippen LogP contribution in [0.4, 0.5) is 10.1 Å². The van der Waals surface area contributed by atoms with Gasteiger partial charge in [-0.1, -0.05) is 24.3 Å². The molecule has 0 atom stereocenters. The molecule has 28 heavy (non-hydrogen) atoms. The maximum absolute atomic E-state index is 13.1. The summed E-state index contributed by atoms with van der Waals surface area (Å²) in [5.41, 5.74) is 3.65. The predicted octanol–water partition coefficient (Wildman–Crippen LogP) is 3.80. The number of piperazine rings is 1. The van der Waals surface area contributed by atoms with Crippen molar-refractivity contribution in [2.24, 2.45) is 0 Å². The lowest BCUT2D eigenvalue weighted by Gasteiger charge is -2.36. The Morgan fingerprint density at radius 2 is 1.68 bits per heavy atom. The van der Waals surface area contributed by atoms with Crippen molar-refractivity contribution in [3.63, 3.8) is 0 Å².